The number of rotatable bonds is 3. The summed E-state index contributed by atoms with van der Waals surface area (Å²) >= 11 is 0. The molecule has 26 heavy (non-hydrogen) atoms. The van der Waals surface area contributed by atoms with Crippen LogP contribution in [-0.2, 0) is 0 Å². The van der Waals surface area contributed by atoms with Crippen molar-refractivity contribution in [3.8, 4) is 0 Å². The fourth-order valence-electron chi connectivity index (χ4n) is 9.08. The van der Waals surface area contributed by atoms with E-state index in [4.69, 9.17) is 0 Å². The van der Waals surface area contributed by atoms with Gasteiger partial charge < -0.3 is 0 Å². The van der Waals surface area contributed by atoms with Crippen molar-refractivity contribution < 1.29 is 0 Å². The monoisotopic (exact) mass is 354 g/mol. The maximum Gasteiger partial charge on any atom is 0.125 e. The topological polar surface area (TPSA) is 0 Å². The van der Waals surface area contributed by atoms with Crippen LogP contribution in [0.15, 0.2) is 0 Å². The van der Waals surface area contributed by atoms with Crippen LogP contribution in [0.25, 0.3) is 0 Å². The molecule has 1 heteroatoms. The molecule has 1 heterocycles. The average molecular weight is 354 g/mol. The SMILES string of the molecule is B1CC2(CC1C1CCCC1)CC(C1CCCCCC1)CC2C1CCCC1. The summed E-state index contributed by atoms with van der Waals surface area (Å²) in [5, 5.41) is 0. The third-order valence-corrected chi connectivity index (χ3v) is 10.3. The molecule has 1 spiro atoms. The molecule has 0 aromatic heterocycles. The molecule has 0 aromatic rings. The molecule has 0 nitrogen and oxygen atoms in total. The fourth-order valence-corrected chi connectivity index (χ4v) is 9.08. The summed E-state index contributed by atoms with van der Waals surface area (Å²) in [6.07, 6.45) is 28.5. The lowest BCUT2D eigenvalue weighted by atomic mass is 9.60. The van der Waals surface area contributed by atoms with Crippen molar-refractivity contribution in [1.29, 1.82) is 0 Å². The summed E-state index contributed by atoms with van der Waals surface area (Å²) in [5.41, 5.74) is 0.819. The average Bonchev–Trinajstić information content (AvgIpc) is 3.42. The Bertz CT molecular complexity index is 453. The largest absolute Gasteiger partial charge is 0.125 e. The molecule has 146 valence electrons. The third-order valence-electron chi connectivity index (χ3n) is 10.3. The van der Waals surface area contributed by atoms with E-state index in [9.17, 15) is 0 Å². The molecule has 5 aliphatic rings. The van der Waals surface area contributed by atoms with Gasteiger partial charge in [-0.1, -0.05) is 108 Å². The highest BCUT2D eigenvalue weighted by Gasteiger charge is 2.55. The van der Waals surface area contributed by atoms with Crippen LogP contribution >= 0.6 is 0 Å². The highest BCUT2D eigenvalue weighted by Crippen LogP contribution is 2.65. The van der Waals surface area contributed by atoms with E-state index in [-0.39, 0.29) is 0 Å². The van der Waals surface area contributed by atoms with Gasteiger partial charge in [-0.3, -0.25) is 0 Å². The Morgan fingerprint density at radius 1 is 0.538 bits per heavy atom. The second kappa shape index (κ2) is 7.83. The minimum absolute atomic E-state index is 0.819. The molecule has 0 aromatic carbocycles. The summed E-state index contributed by atoms with van der Waals surface area (Å²) in [6, 6.07) is 0. The summed E-state index contributed by atoms with van der Waals surface area (Å²) in [5.74, 6) is 6.79. The Kier molecular flexibility index (Phi) is 5.45. The van der Waals surface area contributed by atoms with E-state index in [1.165, 1.54) is 12.8 Å². The molecule has 5 fully saturated rings. The summed E-state index contributed by atoms with van der Waals surface area (Å²) in [4.78, 5) is 0. The molecule has 0 bridgehead atoms. The molecule has 1 saturated heterocycles. The van der Waals surface area contributed by atoms with Crippen LogP contribution in [0.3, 0.4) is 0 Å². The van der Waals surface area contributed by atoms with Crippen LogP contribution in [0.5, 0.6) is 0 Å². The molecule has 4 saturated carbocycles. The van der Waals surface area contributed by atoms with Crippen molar-refractivity contribution in [3.05, 3.63) is 0 Å². The van der Waals surface area contributed by atoms with Gasteiger partial charge in [-0.25, -0.2) is 0 Å². The molecule has 1 aliphatic heterocycles. The van der Waals surface area contributed by atoms with Crippen molar-refractivity contribution >= 4 is 7.28 Å². The van der Waals surface area contributed by atoms with Crippen molar-refractivity contribution in [2.45, 2.75) is 121 Å². The highest BCUT2D eigenvalue weighted by atomic mass is 14.6. The molecular formula is C25H43B. The maximum absolute atomic E-state index is 1.67. The van der Waals surface area contributed by atoms with Gasteiger partial charge in [-0.05, 0) is 47.8 Å². The van der Waals surface area contributed by atoms with Gasteiger partial charge in [-0.15, -0.1) is 0 Å². The molecule has 0 N–H and O–H groups in total. The minimum atomic E-state index is 0.819. The standard InChI is InChI=1S/C25H43B/c1-2-4-10-19(9-3-1)22-15-23(20-11-5-6-12-20)25(16-22)17-24(26-18-25)21-13-7-8-14-21/h19-24,26H,1-18H2. The zero-order valence-electron chi connectivity index (χ0n) is 17.4. The van der Waals surface area contributed by atoms with Gasteiger partial charge in [0.05, 0.1) is 0 Å². The van der Waals surface area contributed by atoms with E-state index in [0.29, 0.717) is 0 Å². The first kappa shape index (κ1) is 18.1. The lowest BCUT2D eigenvalue weighted by Crippen LogP contribution is -2.27. The van der Waals surface area contributed by atoms with E-state index >= 15 is 0 Å². The summed E-state index contributed by atoms with van der Waals surface area (Å²) in [6.45, 7) is 0. The normalized spacial score (nSPS) is 43.3. The Morgan fingerprint density at radius 2 is 1.12 bits per heavy atom. The van der Waals surface area contributed by atoms with Gasteiger partial charge in [0.2, 0.25) is 0 Å². The van der Waals surface area contributed by atoms with Crippen molar-refractivity contribution in [2.75, 3.05) is 0 Å². The quantitative estimate of drug-likeness (QED) is 0.366. The van der Waals surface area contributed by atoms with Crippen LogP contribution < -0.4 is 0 Å². The Hall–Kier alpha value is 0.0649. The second-order valence-corrected chi connectivity index (χ2v) is 11.5. The zero-order chi connectivity index (χ0) is 17.4. The molecular weight excluding hydrogens is 311 g/mol. The fraction of sp³-hybridized carbons (Fsp3) is 1.00. The van der Waals surface area contributed by atoms with Gasteiger partial charge in [0.1, 0.15) is 7.28 Å². The molecule has 4 aliphatic carbocycles. The number of hydrogen-bond donors (Lipinski definition) is 0. The lowest BCUT2D eigenvalue weighted by Gasteiger charge is -2.37. The van der Waals surface area contributed by atoms with Gasteiger partial charge >= 0.3 is 0 Å². The first-order chi connectivity index (χ1) is 12.8. The molecule has 4 unspecified atom stereocenters. The molecule has 5 rings (SSSR count). The van der Waals surface area contributed by atoms with E-state index in [0.717, 1.165) is 40.8 Å². The first-order valence-corrected chi connectivity index (χ1v) is 12.8. The predicted octanol–water partition coefficient (Wildman–Crippen LogP) is 7.40. The Labute approximate surface area is 163 Å². The Morgan fingerprint density at radius 3 is 1.81 bits per heavy atom. The highest BCUT2D eigenvalue weighted by molar-refractivity contribution is 6.39. The first-order valence-electron chi connectivity index (χ1n) is 12.8. The lowest BCUT2D eigenvalue weighted by molar-refractivity contribution is 0.148. The van der Waals surface area contributed by atoms with Crippen LogP contribution in [0.4, 0.5) is 0 Å². The van der Waals surface area contributed by atoms with Crippen LogP contribution in [-0.4, -0.2) is 7.28 Å². The smallest absolute Gasteiger partial charge is 0.0713 e. The van der Waals surface area contributed by atoms with E-state index < -0.39 is 0 Å². The second-order valence-electron chi connectivity index (χ2n) is 11.5. The van der Waals surface area contributed by atoms with E-state index in [1.54, 1.807) is 110 Å². The Balaban J connectivity index is 1.33. The van der Waals surface area contributed by atoms with Gasteiger partial charge in [0, 0.05) is 0 Å². The molecule has 0 amide bonds. The van der Waals surface area contributed by atoms with E-state index in [1.807, 2.05) is 0 Å². The molecule has 0 radical (unpaired) electrons. The van der Waals surface area contributed by atoms with Crippen molar-refractivity contribution in [1.82, 2.24) is 0 Å². The maximum atomic E-state index is 1.67. The van der Waals surface area contributed by atoms with E-state index in [2.05, 4.69) is 0 Å². The third kappa shape index (κ3) is 3.43. The van der Waals surface area contributed by atoms with Crippen molar-refractivity contribution in [3.63, 3.8) is 0 Å². The number of hydrogen-bond acceptors (Lipinski definition) is 0. The molecule has 4 atom stereocenters. The van der Waals surface area contributed by atoms with Crippen LogP contribution in [0.2, 0.25) is 12.1 Å². The zero-order valence-corrected chi connectivity index (χ0v) is 17.4. The van der Waals surface area contributed by atoms with Gasteiger partial charge in [0.25, 0.3) is 0 Å². The van der Waals surface area contributed by atoms with Gasteiger partial charge in [0.15, 0.2) is 0 Å². The minimum Gasteiger partial charge on any atom is -0.0713 e. The van der Waals surface area contributed by atoms with Gasteiger partial charge in [-0.2, -0.15) is 0 Å². The van der Waals surface area contributed by atoms with Crippen molar-refractivity contribution in [2.24, 2.45) is 35.0 Å². The van der Waals surface area contributed by atoms with Crippen LogP contribution in [0.1, 0.15) is 109 Å². The predicted molar refractivity (Wildman–Crippen MR) is 114 cm³/mol. The summed E-state index contributed by atoms with van der Waals surface area (Å²) in [7, 11) is 1.62. The summed E-state index contributed by atoms with van der Waals surface area (Å²) < 4.78 is 0. The van der Waals surface area contributed by atoms with Crippen LogP contribution in [0, 0.1) is 35.0 Å².